The Bertz CT molecular complexity index is 1160. The van der Waals surface area contributed by atoms with E-state index in [2.05, 4.69) is 4.90 Å². The number of carbonyl (C=O) groups excluding carboxylic acids is 1. The van der Waals surface area contributed by atoms with Gasteiger partial charge in [0.05, 0.1) is 28.6 Å². The number of nitrogens with zero attached hydrogens (tertiary/aromatic N) is 3. The van der Waals surface area contributed by atoms with Crippen molar-refractivity contribution >= 4 is 42.4 Å². The van der Waals surface area contributed by atoms with E-state index in [9.17, 15) is 13.2 Å². The number of anilines is 1. The van der Waals surface area contributed by atoms with Gasteiger partial charge in [0.25, 0.3) is 0 Å². The molecule has 0 bridgehead atoms. The molecule has 1 aliphatic rings. The first-order valence-electron chi connectivity index (χ1n) is 9.60. The fourth-order valence-electron chi connectivity index (χ4n) is 3.44. The van der Waals surface area contributed by atoms with Gasteiger partial charge in [0.2, 0.25) is 5.91 Å². The van der Waals surface area contributed by atoms with E-state index in [0.29, 0.717) is 13.1 Å². The number of hydrogen-bond donors (Lipinski definition) is 0. The van der Waals surface area contributed by atoms with Crippen molar-refractivity contribution in [2.24, 2.45) is 0 Å². The number of hydrogen-bond acceptors (Lipinski definition) is 7. The highest BCUT2D eigenvalue weighted by molar-refractivity contribution is 7.90. The summed E-state index contributed by atoms with van der Waals surface area (Å²) in [6.45, 7) is 2.74. The number of ether oxygens (including phenoxy) is 1. The average Bonchev–Trinajstić information content (AvgIpc) is 3.17. The van der Waals surface area contributed by atoms with E-state index >= 15 is 0 Å². The van der Waals surface area contributed by atoms with E-state index in [4.69, 9.17) is 9.72 Å². The molecule has 0 radical (unpaired) electrons. The molecular weight excluding hydrogens is 422 g/mol. The Balaban J connectivity index is 1.36. The minimum atomic E-state index is -3.23. The van der Waals surface area contributed by atoms with Gasteiger partial charge in [-0.1, -0.05) is 23.5 Å². The van der Waals surface area contributed by atoms with Crippen molar-refractivity contribution in [1.82, 2.24) is 9.88 Å². The molecule has 0 saturated carbocycles. The fourth-order valence-corrected chi connectivity index (χ4v) is 5.12. The van der Waals surface area contributed by atoms with Crippen LogP contribution in [0.1, 0.15) is 5.56 Å². The fraction of sp³-hybridized carbons (Fsp3) is 0.333. The molecule has 0 aliphatic carbocycles. The first kappa shape index (κ1) is 20.6. The average molecular weight is 446 g/mol. The van der Waals surface area contributed by atoms with Crippen molar-refractivity contribution in [3.8, 4) is 5.75 Å². The standard InChI is InChI=1S/C21H23N3O4S2/c1-28-16-5-8-18-19(14-16)29-21(22-18)24-11-9-23(10-12-24)20(25)13-15-3-6-17(7-4-15)30(2,26)27/h3-8,14H,9-13H2,1-2H3. The number of piperazine rings is 1. The van der Waals surface area contributed by atoms with Crippen LogP contribution in [0, 0.1) is 0 Å². The molecule has 9 heteroatoms. The Hall–Kier alpha value is -2.65. The number of benzene rings is 2. The van der Waals surface area contributed by atoms with Gasteiger partial charge in [-0.2, -0.15) is 0 Å². The third kappa shape index (κ3) is 4.41. The van der Waals surface area contributed by atoms with Crippen LogP contribution in [0.25, 0.3) is 10.2 Å². The zero-order chi connectivity index (χ0) is 21.3. The maximum Gasteiger partial charge on any atom is 0.227 e. The number of carbonyl (C=O) groups is 1. The van der Waals surface area contributed by atoms with Crippen LogP contribution < -0.4 is 9.64 Å². The normalized spacial score (nSPS) is 14.9. The number of aromatic nitrogens is 1. The molecule has 7 nitrogen and oxygen atoms in total. The van der Waals surface area contributed by atoms with Crippen molar-refractivity contribution in [1.29, 1.82) is 0 Å². The number of amides is 1. The second-order valence-electron chi connectivity index (χ2n) is 7.29. The van der Waals surface area contributed by atoms with Crippen molar-refractivity contribution in [3.63, 3.8) is 0 Å². The molecule has 30 heavy (non-hydrogen) atoms. The second-order valence-corrected chi connectivity index (χ2v) is 10.3. The lowest BCUT2D eigenvalue weighted by Crippen LogP contribution is -2.49. The summed E-state index contributed by atoms with van der Waals surface area (Å²) < 4.78 is 29.5. The predicted molar refractivity (Wildman–Crippen MR) is 118 cm³/mol. The monoisotopic (exact) mass is 445 g/mol. The van der Waals surface area contributed by atoms with E-state index in [1.54, 1.807) is 42.7 Å². The minimum absolute atomic E-state index is 0.0517. The van der Waals surface area contributed by atoms with Crippen molar-refractivity contribution in [2.45, 2.75) is 11.3 Å². The van der Waals surface area contributed by atoms with Crippen LogP contribution in [0.3, 0.4) is 0 Å². The number of methoxy groups -OCH3 is 1. The van der Waals surface area contributed by atoms with Gasteiger partial charge in [-0.25, -0.2) is 13.4 Å². The summed E-state index contributed by atoms with van der Waals surface area (Å²) in [5.74, 6) is 0.869. The zero-order valence-corrected chi connectivity index (χ0v) is 18.5. The zero-order valence-electron chi connectivity index (χ0n) is 16.9. The van der Waals surface area contributed by atoms with Gasteiger partial charge in [0.1, 0.15) is 5.75 Å². The largest absolute Gasteiger partial charge is 0.497 e. The van der Waals surface area contributed by atoms with Crippen LogP contribution >= 0.6 is 11.3 Å². The number of thiazole rings is 1. The molecule has 158 valence electrons. The van der Waals surface area contributed by atoms with Crippen LogP contribution in [-0.2, 0) is 21.1 Å². The first-order chi connectivity index (χ1) is 14.3. The van der Waals surface area contributed by atoms with Crippen molar-refractivity contribution < 1.29 is 17.9 Å². The Labute approximate surface area is 179 Å². The molecule has 1 amide bonds. The van der Waals surface area contributed by atoms with E-state index in [0.717, 1.165) is 39.8 Å². The SMILES string of the molecule is COc1ccc2nc(N3CCN(C(=O)Cc4ccc(S(C)(=O)=O)cc4)CC3)sc2c1. The van der Waals surface area contributed by atoms with Gasteiger partial charge < -0.3 is 14.5 Å². The molecule has 2 aromatic carbocycles. The maximum atomic E-state index is 12.7. The van der Waals surface area contributed by atoms with Gasteiger partial charge in [-0.15, -0.1) is 0 Å². The van der Waals surface area contributed by atoms with Crippen LogP contribution in [0.5, 0.6) is 5.75 Å². The highest BCUT2D eigenvalue weighted by atomic mass is 32.2. The van der Waals surface area contributed by atoms with E-state index in [1.807, 2.05) is 23.1 Å². The molecule has 2 heterocycles. The summed E-state index contributed by atoms with van der Waals surface area (Å²) >= 11 is 1.63. The van der Waals surface area contributed by atoms with Gasteiger partial charge in [0, 0.05) is 32.4 Å². The number of sulfone groups is 1. The molecule has 3 aromatic rings. The van der Waals surface area contributed by atoms with E-state index < -0.39 is 9.84 Å². The Morgan fingerprint density at radius 3 is 2.43 bits per heavy atom. The lowest BCUT2D eigenvalue weighted by Gasteiger charge is -2.34. The summed E-state index contributed by atoms with van der Waals surface area (Å²) in [6.07, 6.45) is 1.44. The summed E-state index contributed by atoms with van der Waals surface area (Å²) in [5.41, 5.74) is 1.77. The van der Waals surface area contributed by atoms with Crippen LogP contribution in [0.15, 0.2) is 47.4 Å². The molecule has 0 unspecified atom stereocenters. The lowest BCUT2D eigenvalue weighted by molar-refractivity contribution is -0.130. The molecular formula is C21H23N3O4S2. The predicted octanol–water partition coefficient (Wildman–Crippen LogP) is 2.60. The van der Waals surface area contributed by atoms with Crippen LogP contribution in [0.2, 0.25) is 0 Å². The summed E-state index contributed by atoms with van der Waals surface area (Å²) in [4.78, 5) is 21.7. The Morgan fingerprint density at radius 1 is 1.10 bits per heavy atom. The highest BCUT2D eigenvalue weighted by Gasteiger charge is 2.23. The van der Waals surface area contributed by atoms with Crippen molar-refractivity contribution in [3.05, 3.63) is 48.0 Å². The third-order valence-corrected chi connectivity index (χ3v) is 7.40. The van der Waals surface area contributed by atoms with Gasteiger partial charge in [-0.3, -0.25) is 4.79 Å². The van der Waals surface area contributed by atoms with E-state index in [1.165, 1.54) is 6.26 Å². The van der Waals surface area contributed by atoms with E-state index in [-0.39, 0.29) is 17.2 Å². The summed E-state index contributed by atoms with van der Waals surface area (Å²) in [5, 5.41) is 0.960. The molecule has 4 rings (SSSR count). The van der Waals surface area contributed by atoms with Crippen LogP contribution in [-0.4, -0.2) is 63.8 Å². The molecule has 1 aromatic heterocycles. The molecule has 0 atom stereocenters. The topological polar surface area (TPSA) is 79.8 Å². The first-order valence-corrected chi connectivity index (χ1v) is 12.3. The van der Waals surface area contributed by atoms with Gasteiger partial charge in [-0.05, 0) is 35.9 Å². The maximum absolute atomic E-state index is 12.7. The third-order valence-electron chi connectivity index (χ3n) is 5.19. The molecule has 1 saturated heterocycles. The molecule has 1 aliphatic heterocycles. The molecule has 1 fully saturated rings. The van der Waals surface area contributed by atoms with Crippen LogP contribution in [0.4, 0.5) is 5.13 Å². The second kappa shape index (κ2) is 8.23. The molecule has 0 spiro atoms. The minimum Gasteiger partial charge on any atom is -0.497 e. The summed E-state index contributed by atoms with van der Waals surface area (Å²) in [6, 6.07) is 12.4. The lowest BCUT2D eigenvalue weighted by atomic mass is 10.1. The molecule has 0 N–H and O–H groups in total. The van der Waals surface area contributed by atoms with Crippen molar-refractivity contribution in [2.75, 3.05) is 44.4 Å². The Morgan fingerprint density at radius 2 is 1.80 bits per heavy atom. The quantitative estimate of drug-likeness (QED) is 0.601. The van der Waals surface area contributed by atoms with Gasteiger partial charge in [0.15, 0.2) is 15.0 Å². The highest BCUT2D eigenvalue weighted by Crippen LogP contribution is 2.31. The number of rotatable bonds is 5. The Kier molecular flexibility index (Phi) is 5.66. The number of fused-ring (bicyclic) bond motifs is 1. The smallest absolute Gasteiger partial charge is 0.227 e. The van der Waals surface area contributed by atoms with Gasteiger partial charge >= 0.3 is 0 Å². The summed E-state index contributed by atoms with van der Waals surface area (Å²) in [7, 11) is -1.58.